The molecule has 0 amide bonds. The highest BCUT2D eigenvalue weighted by Gasteiger charge is 2.21. The molecule has 0 aliphatic carbocycles. The first-order valence-corrected chi connectivity index (χ1v) is 8.43. The third kappa shape index (κ3) is 3.14. The molecular weight excluding hydrogens is 324 g/mol. The van der Waals surface area contributed by atoms with E-state index in [2.05, 4.69) is 75.5 Å². The lowest BCUT2D eigenvalue weighted by Gasteiger charge is -2.21. The molecule has 110 valence electrons. The molecule has 0 bridgehead atoms. The number of hydrogen-bond donors (Lipinski definition) is 1. The summed E-state index contributed by atoms with van der Waals surface area (Å²) < 4.78 is 1.18. The van der Waals surface area contributed by atoms with Gasteiger partial charge in [-0.05, 0) is 64.6 Å². The Morgan fingerprint density at radius 3 is 2.81 bits per heavy atom. The molecule has 0 aromatic heterocycles. The van der Waals surface area contributed by atoms with Gasteiger partial charge in [-0.1, -0.05) is 31.2 Å². The molecule has 2 aromatic carbocycles. The molecule has 0 atom stereocenters. The Morgan fingerprint density at radius 2 is 2.00 bits per heavy atom. The van der Waals surface area contributed by atoms with Crippen molar-refractivity contribution in [3.63, 3.8) is 0 Å². The van der Waals surface area contributed by atoms with Crippen molar-refractivity contribution in [1.29, 1.82) is 0 Å². The van der Waals surface area contributed by atoms with E-state index in [1.807, 2.05) is 0 Å². The largest absolute Gasteiger partial charge is 0.340 e. The highest BCUT2D eigenvalue weighted by molar-refractivity contribution is 9.10. The number of halogens is 1. The Hall–Kier alpha value is -1.32. The third-order valence-electron chi connectivity index (χ3n) is 3.95. The van der Waals surface area contributed by atoms with E-state index >= 15 is 0 Å². The molecule has 1 aliphatic rings. The summed E-state index contributed by atoms with van der Waals surface area (Å²) in [5, 5.41) is 3.45. The fraction of sp³-hybridized carbons (Fsp3) is 0.333. The van der Waals surface area contributed by atoms with Gasteiger partial charge in [-0.25, -0.2) is 0 Å². The number of fused-ring (bicyclic) bond motifs is 1. The zero-order chi connectivity index (χ0) is 14.7. The van der Waals surface area contributed by atoms with Crippen molar-refractivity contribution in [1.82, 2.24) is 5.32 Å². The van der Waals surface area contributed by atoms with E-state index in [-0.39, 0.29) is 0 Å². The van der Waals surface area contributed by atoms with Gasteiger partial charge < -0.3 is 10.2 Å². The van der Waals surface area contributed by atoms with Crippen LogP contribution >= 0.6 is 15.9 Å². The SMILES string of the molecule is CCCNCc1ccc(N2CCc3ccccc32)c(Br)c1. The maximum atomic E-state index is 3.75. The zero-order valence-corrected chi connectivity index (χ0v) is 14.0. The number of anilines is 2. The lowest BCUT2D eigenvalue weighted by Crippen LogP contribution is -2.15. The van der Waals surface area contributed by atoms with Crippen LogP contribution in [0.15, 0.2) is 46.9 Å². The van der Waals surface area contributed by atoms with Crippen molar-refractivity contribution in [3.8, 4) is 0 Å². The standard InChI is InChI=1S/C18H21BrN2/c1-2-10-20-13-14-7-8-18(16(19)12-14)21-11-9-15-5-3-4-6-17(15)21/h3-8,12,20H,2,9-11,13H2,1H3. The van der Waals surface area contributed by atoms with E-state index in [1.165, 1.54) is 33.4 Å². The minimum absolute atomic E-state index is 0.934. The van der Waals surface area contributed by atoms with Crippen LogP contribution in [0.5, 0.6) is 0 Å². The van der Waals surface area contributed by atoms with Gasteiger partial charge in [0.15, 0.2) is 0 Å². The topological polar surface area (TPSA) is 15.3 Å². The third-order valence-corrected chi connectivity index (χ3v) is 4.58. The monoisotopic (exact) mass is 344 g/mol. The van der Waals surface area contributed by atoms with Gasteiger partial charge in [0.2, 0.25) is 0 Å². The van der Waals surface area contributed by atoms with E-state index in [0.717, 1.165) is 26.1 Å². The van der Waals surface area contributed by atoms with Crippen LogP contribution in [0, 0.1) is 0 Å². The van der Waals surface area contributed by atoms with E-state index < -0.39 is 0 Å². The number of hydrogen-bond acceptors (Lipinski definition) is 2. The predicted octanol–water partition coefficient (Wildman–Crippen LogP) is 4.64. The highest BCUT2D eigenvalue weighted by atomic mass is 79.9. The number of nitrogens with one attached hydrogen (secondary N) is 1. The summed E-state index contributed by atoms with van der Waals surface area (Å²) in [6.07, 6.45) is 2.30. The average molecular weight is 345 g/mol. The smallest absolute Gasteiger partial charge is 0.0555 e. The first-order chi connectivity index (χ1) is 10.3. The molecule has 1 aliphatic heterocycles. The van der Waals surface area contributed by atoms with Crippen molar-refractivity contribution in [2.24, 2.45) is 0 Å². The van der Waals surface area contributed by atoms with E-state index in [0.29, 0.717) is 0 Å². The van der Waals surface area contributed by atoms with Gasteiger partial charge in [0.1, 0.15) is 0 Å². The van der Waals surface area contributed by atoms with Crippen LogP contribution in [0.4, 0.5) is 11.4 Å². The van der Waals surface area contributed by atoms with Crippen molar-refractivity contribution >= 4 is 27.3 Å². The Labute approximate surface area is 135 Å². The summed E-state index contributed by atoms with van der Waals surface area (Å²) in [4.78, 5) is 2.41. The van der Waals surface area contributed by atoms with Crippen LogP contribution in [0.3, 0.4) is 0 Å². The van der Waals surface area contributed by atoms with E-state index in [4.69, 9.17) is 0 Å². The molecule has 3 rings (SSSR count). The minimum atomic E-state index is 0.934. The molecule has 0 spiro atoms. The Bertz CT molecular complexity index is 624. The molecular formula is C18H21BrN2. The second-order valence-corrected chi connectivity index (χ2v) is 6.35. The molecule has 3 heteroatoms. The Balaban J connectivity index is 1.81. The number of rotatable bonds is 5. The first-order valence-electron chi connectivity index (χ1n) is 7.64. The molecule has 0 saturated carbocycles. The molecule has 0 saturated heterocycles. The van der Waals surface area contributed by atoms with Crippen molar-refractivity contribution in [2.45, 2.75) is 26.3 Å². The van der Waals surface area contributed by atoms with Crippen LogP contribution in [0.1, 0.15) is 24.5 Å². The van der Waals surface area contributed by atoms with Gasteiger partial charge in [0.05, 0.1) is 5.69 Å². The molecule has 1 heterocycles. The average Bonchev–Trinajstić information content (AvgIpc) is 2.92. The summed E-state index contributed by atoms with van der Waals surface area (Å²) in [7, 11) is 0. The minimum Gasteiger partial charge on any atom is -0.340 e. The van der Waals surface area contributed by atoms with Gasteiger partial charge in [-0.2, -0.15) is 0 Å². The van der Waals surface area contributed by atoms with Crippen LogP contribution in [0.25, 0.3) is 0 Å². The van der Waals surface area contributed by atoms with Gasteiger partial charge in [-0.3, -0.25) is 0 Å². The Morgan fingerprint density at radius 1 is 1.14 bits per heavy atom. The molecule has 2 aromatic rings. The predicted molar refractivity (Wildman–Crippen MR) is 93.3 cm³/mol. The fourth-order valence-corrected chi connectivity index (χ4v) is 3.52. The second-order valence-electron chi connectivity index (χ2n) is 5.49. The summed E-state index contributed by atoms with van der Waals surface area (Å²) in [6, 6.07) is 15.4. The lowest BCUT2D eigenvalue weighted by molar-refractivity contribution is 0.675. The molecule has 0 radical (unpaired) electrons. The van der Waals surface area contributed by atoms with E-state index in [1.54, 1.807) is 0 Å². The highest BCUT2D eigenvalue weighted by Crippen LogP contribution is 2.38. The first kappa shape index (κ1) is 14.6. The van der Waals surface area contributed by atoms with Crippen molar-refractivity contribution < 1.29 is 0 Å². The normalized spacial score (nSPS) is 13.5. The summed E-state index contributed by atoms with van der Waals surface area (Å²) in [5.74, 6) is 0. The van der Waals surface area contributed by atoms with Crippen molar-refractivity contribution in [2.75, 3.05) is 18.0 Å². The van der Waals surface area contributed by atoms with Gasteiger partial charge in [-0.15, -0.1) is 0 Å². The van der Waals surface area contributed by atoms with Crippen LogP contribution in [0.2, 0.25) is 0 Å². The fourth-order valence-electron chi connectivity index (χ4n) is 2.88. The maximum Gasteiger partial charge on any atom is 0.0555 e. The summed E-state index contributed by atoms with van der Waals surface area (Å²) in [6.45, 7) is 5.25. The van der Waals surface area contributed by atoms with Gasteiger partial charge >= 0.3 is 0 Å². The molecule has 0 fully saturated rings. The maximum absolute atomic E-state index is 3.75. The zero-order valence-electron chi connectivity index (χ0n) is 12.4. The number of benzene rings is 2. The summed E-state index contributed by atoms with van der Waals surface area (Å²) in [5.41, 5.74) is 5.37. The quantitative estimate of drug-likeness (QED) is 0.794. The lowest BCUT2D eigenvalue weighted by atomic mass is 10.1. The van der Waals surface area contributed by atoms with Crippen molar-refractivity contribution in [3.05, 3.63) is 58.1 Å². The number of nitrogens with zero attached hydrogens (tertiary/aromatic N) is 1. The molecule has 21 heavy (non-hydrogen) atoms. The van der Waals surface area contributed by atoms with Crippen LogP contribution in [-0.4, -0.2) is 13.1 Å². The number of para-hydroxylation sites is 1. The Kier molecular flexibility index (Phi) is 4.61. The van der Waals surface area contributed by atoms with E-state index in [9.17, 15) is 0 Å². The van der Waals surface area contributed by atoms with Gasteiger partial charge in [0, 0.05) is 23.2 Å². The van der Waals surface area contributed by atoms with Gasteiger partial charge in [0.25, 0.3) is 0 Å². The van der Waals surface area contributed by atoms with Crippen LogP contribution < -0.4 is 10.2 Å². The molecule has 0 unspecified atom stereocenters. The van der Waals surface area contributed by atoms with Crippen LogP contribution in [-0.2, 0) is 13.0 Å². The second kappa shape index (κ2) is 6.63. The molecule has 2 nitrogen and oxygen atoms in total. The summed E-state index contributed by atoms with van der Waals surface area (Å²) >= 11 is 3.75. The molecule has 1 N–H and O–H groups in total.